The number of anilines is 1. The van der Waals surface area contributed by atoms with E-state index in [9.17, 15) is 9.59 Å². The van der Waals surface area contributed by atoms with Gasteiger partial charge in [-0.05, 0) is 19.1 Å². The molecule has 0 atom stereocenters. The molecule has 1 aromatic carbocycles. The summed E-state index contributed by atoms with van der Waals surface area (Å²) in [5.74, 6) is -0.666. The van der Waals surface area contributed by atoms with E-state index in [1.807, 2.05) is 19.9 Å². The summed E-state index contributed by atoms with van der Waals surface area (Å²) >= 11 is 0. The van der Waals surface area contributed by atoms with Crippen LogP contribution in [0.3, 0.4) is 0 Å². The van der Waals surface area contributed by atoms with Gasteiger partial charge in [0.1, 0.15) is 6.61 Å². The van der Waals surface area contributed by atoms with Gasteiger partial charge in [0.2, 0.25) is 0 Å². The number of hydrogen-bond donors (Lipinski definition) is 1. The zero-order valence-electron chi connectivity index (χ0n) is 10.7. The molecular weight excluding hydrogens is 218 g/mol. The Morgan fingerprint density at radius 3 is 2.35 bits per heavy atom. The maximum absolute atomic E-state index is 11.5. The molecule has 1 N–H and O–H groups in total. The molecule has 1 aromatic rings. The lowest BCUT2D eigenvalue weighted by molar-refractivity contribution is -0.120. The molecule has 0 aliphatic heterocycles. The largest absolute Gasteiger partial charge is 0.454 e. The van der Waals surface area contributed by atoms with E-state index in [0.29, 0.717) is 11.3 Å². The van der Waals surface area contributed by atoms with Gasteiger partial charge in [-0.15, -0.1) is 0 Å². The van der Waals surface area contributed by atoms with E-state index in [1.165, 1.54) is 6.92 Å². The number of benzene rings is 1. The highest BCUT2D eigenvalue weighted by molar-refractivity contribution is 5.96. The molecular formula is C13H19NO3. The first-order valence-corrected chi connectivity index (χ1v) is 5.58. The maximum atomic E-state index is 11.5. The fourth-order valence-electron chi connectivity index (χ4n) is 1.12. The molecule has 0 aromatic heterocycles. The molecule has 0 bridgehead atoms. The number of rotatable bonds is 4. The van der Waals surface area contributed by atoms with Crippen LogP contribution >= 0.6 is 0 Å². The molecule has 0 aliphatic rings. The van der Waals surface area contributed by atoms with Crippen molar-refractivity contribution in [3.05, 3.63) is 29.8 Å². The van der Waals surface area contributed by atoms with Crippen LogP contribution in [0.15, 0.2) is 24.3 Å². The summed E-state index contributed by atoms with van der Waals surface area (Å²) in [5, 5.41) is 2.88. The van der Waals surface area contributed by atoms with Crippen molar-refractivity contribution in [1.82, 2.24) is 0 Å². The second-order valence-corrected chi connectivity index (χ2v) is 3.07. The van der Waals surface area contributed by atoms with Crippen LogP contribution in [0.4, 0.5) is 5.69 Å². The summed E-state index contributed by atoms with van der Waals surface area (Å²) in [5.41, 5.74) is 1.12. The molecule has 0 amide bonds. The minimum atomic E-state index is -0.491. The van der Waals surface area contributed by atoms with Gasteiger partial charge < -0.3 is 10.1 Å². The van der Waals surface area contributed by atoms with Crippen LogP contribution in [0.5, 0.6) is 0 Å². The average molecular weight is 237 g/mol. The van der Waals surface area contributed by atoms with Crippen molar-refractivity contribution in [2.45, 2.75) is 20.8 Å². The Kier molecular flexibility index (Phi) is 7.43. The van der Waals surface area contributed by atoms with E-state index < -0.39 is 5.97 Å². The molecule has 0 saturated carbocycles. The highest BCUT2D eigenvalue weighted by atomic mass is 16.5. The van der Waals surface area contributed by atoms with E-state index >= 15 is 0 Å². The molecule has 0 radical (unpaired) electrons. The Hall–Kier alpha value is -1.84. The van der Waals surface area contributed by atoms with Crippen LogP contribution in [-0.4, -0.2) is 25.4 Å². The van der Waals surface area contributed by atoms with Gasteiger partial charge in [0.25, 0.3) is 0 Å². The van der Waals surface area contributed by atoms with Crippen LogP contribution in [0.2, 0.25) is 0 Å². The number of nitrogens with one attached hydrogen (secondary N) is 1. The molecule has 0 fully saturated rings. The first-order valence-electron chi connectivity index (χ1n) is 5.58. The van der Waals surface area contributed by atoms with Crippen LogP contribution in [-0.2, 0) is 9.53 Å². The molecule has 94 valence electrons. The predicted molar refractivity (Wildman–Crippen MR) is 68.3 cm³/mol. The third kappa shape index (κ3) is 5.15. The van der Waals surface area contributed by atoms with Crippen molar-refractivity contribution in [3.63, 3.8) is 0 Å². The fraction of sp³-hybridized carbons (Fsp3) is 0.385. The first-order chi connectivity index (χ1) is 8.15. The number of ketones is 1. The second kappa shape index (κ2) is 8.33. The molecule has 1 rings (SSSR count). The summed E-state index contributed by atoms with van der Waals surface area (Å²) in [4.78, 5) is 22.2. The Morgan fingerprint density at radius 2 is 1.82 bits per heavy atom. The number of Topliss-reactive ketones (excluding diaryl/α,β-unsaturated/α-hetero) is 1. The zero-order chi connectivity index (χ0) is 13.3. The topological polar surface area (TPSA) is 55.4 Å². The van der Waals surface area contributed by atoms with Crippen molar-refractivity contribution in [1.29, 1.82) is 0 Å². The highest BCUT2D eigenvalue weighted by Crippen LogP contribution is 2.14. The van der Waals surface area contributed by atoms with Crippen LogP contribution in [0.1, 0.15) is 31.1 Å². The van der Waals surface area contributed by atoms with E-state index in [4.69, 9.17) is 4.74 Å². The zero-order valence-corrected chi connectivity index (χ0v) is 10.7. The molecule has 17 heavy (non-hydrogen) atoms. The minimum Gasteiger partial charge on any atom is -0.454 e. The molecule has 0 unspecified atom stereocenters. The molecule has 0 saturated heterocycles. The normalized spacial score (nSPS) is 8.71. The Balaban J connectivity index is 0.00000121. The number of para-hydroxylation sites is 1. The third-order valence-corrected chi connectivity index (χ3v) is 1.82. The summed E-state index contributed by atoms with van der Waals surface area (Å²) in [6, 6.07) is 6.97. The van der Waals surface area contributed by atoms with Gasteiger partial charge in [-0.2, -0.15) is 0 Å². The summed E-state index contributed by atoms with van der Waals surface area (Å²) in [6.45, 7) is 5.19. The third-order valence-electron chi connectivity index (χ3n) is 1.82. The van der Waals surface area contributed by atoms with Crippen molar-refractivity contribution in [3.8, 4) is 0 Å². The Morgan fingerprint density at radius 1 is 1.24 bits per heavy atom. The van der Waals surface area contributed by atoms with E-state index in [2.05, 4.69) is 5.32 Å². The lowest BCUT2D eigenvalue weighted by Crippen LogP contribution is -2.12. The van der Waals surface area contributed by atoms with Gasteiger partial charge in [-0.25, -0.2) is 4.79 Å². The smallest absolute Gasteiger partial charge is 0.340 e. The molecule has 0 aliphatic carbocycles. The Labute approximate surface area is 102 Å². The lowest BCUT2D eigenvalue weighted by atomic mass is 10.2. The van der Waals surface area contributed by atoms with Crippen molar-refractivity contribution in [2.24, 2.45) is 0 Å². The fourth-order valence-corrected chi connectivity index (χ4v) is 1.12. The van der Waals surface area contributed by atoms with Crippen LogP contribution in [0.25, 0.3) is 0 Å². The highest BCUT2D eigenvalue weighted by Gasteiger charge is 2.11. The monoisotopic (exact) mass is 237 g/mol. The van der Waals surface area contributed by atoms with Crippen molar-refractivity contribution >= 4 is 17.4 Å². The molecule has 4 nitrogen and oxygen atoms in total. The summed E-state index contributed by atoms with van der Waals surface area (Å²) in [6.07, 6.45) is 0. The average Bonchev–Trinajstić information content (AvgIpc) is 2.38. The predicted octanol–water partition coefficient (Wildman–Crippen LogP) is 2.50. The van der Waals surface area contributed by atoms with Gasteiger partial charge in [0, 0.05) is 12.7 Å². The number of carbonyl (C=O) groups excluding carboxylic acids is 2. The number of hydrogen-bond acceptors (Lipinski definition) is 4. The van der Waals surface area contributed by atoms with E-state index in [1.54, 1.807) is 25.2 Å². The Bertz CT molecular complexity index is 375. The van der Waals surface area contributed by atoms with Crippen LogP contribution in [0, 0.1) is 0 Å². The molecule has 0 heterocycles. The number of ether oxygens (including phenoxy) is 1. The summed E-state index contributed by atoms with van der Waals surface area (Å²) < 4.78 is 4.80. The first kappa shape index (κ1) is 15.2. The maximum Gasteiger partial charge on any atom is 0.340 e. The minimum absolute atomic E-state index is 0.176. The van der Waals surface area contributed by atoms with Gasteiger partial charge in [-0.3, -0.25) is 4.79 Å². The second-order valence-electron chi connectivity index (χ2n) is 3.07. The van der Waals surface area contributed by atoms with E-state index in [-0.39, 0.29) is 12.4 Å². The van der Waals surface area contributed by atoms with E-state index in [0.717, 1.165) is 0 Å². The number of carbonyl (C=O) groups is 2. The summed E-state index contributed by atoms with van der Waals surface area (Å²) in [7, 11) is 1.72. The van der Waals surface area contributed by atoms with Crippen LogP contribution < -0.4 is 5.32 Å². The standard InChI is InChI=1S/C11H13NO3.C2H6/c1-8(13)7-15-11(14)9-5-3-4-6-10(9)12-2;1-2/h3-6,12H,7H2,1-2H3;1-2H3. The van der Waals surface area contributed by atoms with Crippen molar-refractivity contribution in [2.75, 3.05) is 19.0 Å². The van der Waals surface area contributed by atoms with Gasteiger partial charge in [-0.1, -0.05) is 26.0 Å². The quantitative estimate of drug-likeness (QED) is 0.817. The lowest BCUT2D eigenvalue weighted by Gasteiger charge is -2.07. The number of esters is 1. The molecule has 4 heteroatoms. The van der Waals surface area contributed by atoms with Gasteiger partial charge >= 0.3 is 5.97 Å². The molecule has 0 spiro atoms. The SMILES string of the molecule is CC.CNc1ccccc1C(=O)OCC(C)=O. The van der Waals surface area contributed by atoms with Crippen molar-refractivity contribution < 1.29 is 14.3 Å². The van der Waals surface area contributed by atoms with Gasteiger partial charge in [0.15, 0.2) is 5.78 Å². The van der Waals surface area contributed by atoms with Gasteiger partial charge in [0.05, 0.1) is 5.56 Å².